The largest absolute Gasteiger partial charge is 0.328 e. The summed E-state index contributed by atoms with van der Waals surface area (Å²) in [5.41, 5.74) is 2.61. The van der Waals surface area contributed by atoms with E-state index in [1.54, 1.807) is 56.6 Å². The summed E-state index contributed by atoms with van der Waals surface area (Å²) >= 11 is 5.85. The highest BCUT2D eigenvalue weighted by Gasteiger charge is 2.21. The maximum absolute atomic E-state index is 12.8. The molecule has 33 heavy (non-hydrogen) atoms. The van der Waals surface area contributed by atoms with Crippen LogP contribution in [0, 0.1) is 0 Å². The van der Waals surface area contributed by atoms with E-state index >= 15 is 0 Å². The van der Waals surface area contributed by atoms with Crippen molar-refractivity contribution in [3.05, 3.63) is 87.8 Å². The molecule has 0 spiro atoms. The van der Waals surface area contributed by atoms with Crippen molar-refractivity contribution in [3.8, 4) is 0 Å². The van der Waals surface area contributed by atoms with Gasteiger partial charge in [0, 0.05) is 37.4 Å². The molecular weight excluding hydrogens is 464 g/mol. The highest BCUT2D eigenvalue weighted by molar-refractivity contribution is 7.92. The van der Waals surface area contributed by atoms with Gasteiger partial charge in [0.15, 0.2) is 0 Å². The summed E-state index contributed by atoms with van der Waals surface area (Å²) in [5.74, 6) is -0.356. The number of fused-ring (bicyclic) bond motifs is 1. The predicted octanol–water partition coefficient (Wildman–Crippen LogP) is 3.61. The monoisotopic (exact) mass is 484 g/mol. The van der Waals surface area contributed by atoms with Crippen molar-refractivity contribution in [2.45, 2.75) is 4.90 Å². The number of halogens is 1. The number of anilines is 2. The van der Waals surface area contributed by atoms with Crippen molar-refractivity contribution >= 4 is 49.9 Å². The number of rotatable bonds is 5. The molecule has 0 bridgehead atoms. The van der Waals surface area contributed by atoms with Gasteiger partial charge in [0.05, 0.1) is 21.6 Å². The van der Waals surface area contributed by atoms with Crippen molar-refractivity contribution in [1.29, 1.82) is 0 Å². The second-order valence-corrected chi connectivity index (χ2v) is 9.94. The van der Waals surface area contributed by atoms with Gasteiger partial charge in [0.25, 0.3) is 15.9 Å². The van der Waals surface area contributed by atoms with E-state index in [1.807, 2.05) is 0 Å². The lowest BCUT2D eigenvalue weighted by Gasteiger charge is -2.20. The average Bonchev–Trinajstić information content (AvgIpc) is 3.02. The number of nitrogens with one attached hydrogen (secondary N) is 1. The Labute approximate surface area is 195 Å². The smallest absolute Gasteiger partial charge is 0.322 e. The number of nitrogens with zero attached hydrogens (tertiary/aromatic N) is 3. The van der Waals surface area contributed by atoms with Gasteiger partial charge >= 0.3 is 5.69 Å². The van der Waals surface area contributed by atoms with Crippen molar-refractivity contribution in [1.82, 2.24) is 9.13 Å². The summed E-state index contributed by atoms with van der Waals surface area (Å²) in [6.07, 6.45) is 0. The Morgan fingerprint density at radius 2 is 1.52 bits per heavy atom. The number of aryl methyl sites for hydroxylation is 2. The van der Waals surface area contributed by atoms with Gasteiger partial charge in [0.1, 0.15) is 0 Å². The molecule has 4 aromatic rings. The standard InChI is InChI=1S/C23H21ClN4O4S/c1-26-20-13-8-17(14-21(20)27(2)23(26)30)25-22(29)15-4-9-18(10-5-15)28(3)33(31,32)19-11-6-16(24)7-12-19/h4-14H,1-3H3,(H,25,29). The third kappa shape index (κ3) is 4.12. The summed E-state index contributed by atoms with van der Waals surface area (Å²) in [4.78, 5) is 24.9. The zero-order valence-electron chi connectivity index (χ0n) is 18.1. The molecule has 8 nitrogen and oxygen atoms in total. The average molecular weight is 485 g/mol. The number of amides is 1. The van der Waals surface area contributed by atoms with E-state index in [-0.39, 0.29) is 16.5 Å². The van der Waals surface area contributed by atoms with Gasteiger partial charge in [-0.15, -0.1) is 0 Å². The summed E-state index contributed by atoms with van der Waals surface area (Å²) in [6.45, 7) is 0. The number of carbonyl (C=O) groups excluding carboxylic acids is 1. The fourth-order valence-corrected chi connectivity index (χ4v) is 4.84. The number of imidazole rings is 1. The van der Waals surface area contributed by atoms with Crippen LogP contribution >= 0.6 is 11.6 Å². The fourth-order valence-electron chi connectivity index (χ4n) is 3.51. The van der Waals surface area contributed by atoms with Gasteiger partial charge in [0.2, 0.25) is 0 Å². The van der Waals surface area contributed by atoms with Gasteiger partial charge < -0.3 is 5.32 Å². The third-order valence-electron chi connectivity index (χ3n) is 5.49. The number of sulfonamides is 1. The molecule has 0 aliphatic rings. The molecule has 1 N–H and O–H groups in total. The minimum absolute atomic E-state index is 0.113. The lowest BCUT2D eigenvalue weighted by Crippen LogP contribution is -2.26. The Hall–Kier alpha value is -3.56. The van der Waals surface area contributed by atoms with Crippen LogP contribution < -0.4 is 15.3 Å². The maximum Gasteiger partial charge on any atom is 0.328 e. The van der Waals surface area contributed by atoms with E-state index in [0.29, 0.717) is 27.5 Å². The van der Waals surface area contributed by atoms with Crippen LogP contribution in [-0.2, 0) is 24.1 Å². The molecule has 1 heterocycles. The number of hydrogen-bond donors (Lipinski definition) is 1. The van der Waals surface area contributed by atoms with E-state index in [9.17, 15) is 18.0 Å². The molecule has 170 valence electrons. The quantitative estimate of drug-likeness (QED) is 0.468. The van der Waals surface area contributed by atoms with Crippen LogP contribution in [0.1, 0.15) is 10.4 Å². The third-order valence-corrected chi connectivity index (χ3v) is 7.55. The van der Waals surface area contributed by atoms with E-state index in [4.69, 9.17) is 11.6 Å². The van der Waals surface area contributed by atoms with Crippen molar-refractivity contribution < 1.29 is 13.2 Å². The predicted molar refractivity (Wildman–Crippen MR) is 130 cm³/mol. The van der Waals surface area contributed by atoms with Crippen LogP contribution in [-0.4, -0.2) is 30.5 Å². The van der Waals surface area contributed by atoms with E-state index < -0.39 is 10.0 Å². The van der Waals surface area contributed by atoms with Crippen LogP contribution in [0.2, 0.25) is 5.02 Å². The van der Waals surface area contributed by atoms with Crippen molar-refractivity contribution in [2.24, 2.45) is 14.1 Å². The minimum Gasteiger partial charge on any atom is -0.322 e. The molecule has 3 aromatic carbocycles. The Morgan fingerprint density at radius 1 is 0.909 bits per heavy atom. The summed E-state index contributed by atoms with van der Waals surface area (Å²) in [6, 6.07) is 17.4. The van der Waals surface area contributed by atoms with E-state index in [1.165, 1.54) is 40.4 Å². The lowest BCUT2D eigenvalue weighted by atomic mass is 10.2. The Balaban J connectivity index is 1.54. The van der Waals surface area contributed by atoms with Crippen LogP contribution in [0.3, 0.4) is 0 Å². The molecule has 0 aliphatic carbocycles. The molecule has 0 saturated carbocycles. The minimum atomic E-state index is -3.77. The number of benzene rings is 3. The summed E-state index contributed by atoms with van der Waals surface area (Å²) in [7, 11) is 1.03. The van der Waals surface area contributed by atoms with Gasteiger partial charge in [-0.1, -0.05) is 11.6 Å². The van der Waals surface area contributed by atoms with Crippen LogP contribution in [0.15, 0.2) is 76.4 Å². The Bertz CT molecular complexity index is 1520. The number of carbonyl (C=O) groups is 1. The van der Waals surface area contributed by atoms with Crippen molar-refractivity contribution in [3.63, 3.8) is 0 Å². The summed E-state index contributed by atoms with van der Waals surface area (Å²) < 4.78 is 29.9. The van der Waals surface area contributed by atoms with E-state index in [2.05, 4.69) is 5.32 Å². The van der Waals surface area contributed by atoms with Crippen molar-refractivity contribution in [2.75, 3.05) is 16.7 Å². The highest BCUT2D eigenvalue weighted by atomic mass is 35.5. The molecule has 1 amide bonds. The second-order valence-electron chi connectivity index (χ2n) is 7.53. The molecule has 4 rings (SSSR count). The molecule has 0 fully saturated rings. The molecule has 1 aromatic heterocycles. The first-order valence-corrected chi connectivity index (χ1v) is 11.7. The summed E-state index contributed by atoms with van der Waals surface area (Å²) in [5, 5.41) is 3.25. The number of hydrogen-bond acceptors (Lipinski definition) is 4. The zero-order valence-corrected chi connectivity index (χ0v) is 19.7. The van der Waals surface area contributed by atoms with Gasteiger partial charge in [-0.25, -0.2) is 13.2 Å². The van der Waals surface area contributed by atoms with Gasteiger partial charge in [-0.2, -0.15) is 0 Å². The number of aromatic nitrogens is 2. The first-order chi connectivity index (χ1) is 15.6. The van der Waals surface area contributed by atoms with Crippen LogP contribution in [0.5, 0.6) is 0 Å². The van der Waals surface area contributed by atoms with E-state index in [0.717, 1.165) is 9.82 Å². The first kappa shape index (κ1) is 22.6. The second kappa shape index (κ2) is 8.42. The lowest BCUT2D eigenvalue weighted by molar-refractivity contribution is 0.102. The topological polar surface area (TPSA) is 93.4 Å². The molecule has 0 saturated heterocycles. The molecule has 0 unspecified atom stereocenters. The zero-order chi connectivity index (χ0) is 23.9. The Morgan fingerprint density at radius 3 is 2.15 bits per heavy atom. The molecule has 0 radical (unpaired) electrons. The van der Waals surface area contributed by atoms with Crippen LogP contribution in [0.4, 0.5) is 11.4 Å². The molecular formula is C23H21ClN4O4S. The molecule has 10 heteroatoms. The maximum atomic E-state index is 12.8. The van der Waals surface area contributed by atoms with Gasteiger partial charge in [-0.05, 0) is 66.7 Å². The molecule has 0 atom stereocenters. The highest BCUT2D eigenvalue weighted by Crippen LogP contribution is 2.24. The van der Waals surface area contributed by atoms with Crippen LogP contribution in [0.25, 0.3) is 11.0 Å². The fraction of sp³-hybridized carbons (Fsp3) is 0.130. The normalized spacial score (nSPS) is 11.5. The molecule has 0 aliphatic heterocycles. The van der Waals surface area contributed by atoms with Gasteiger partial charge in [-0.3, -0.25) is 18.2 Å². The SMILES string of the molecule is CN(c1ccc(C(=O)Nc2ccc3c(c2)n(C)c(=O)n3C)cc1)S(=O)(=O)c1ccc(Cl)cc1. The first-order valence-electron chi connectivity index (χ1n) is 9.91. The Kier molecular flexibility index (Phi) is 5.77.